The number of piperazine rings is 1. The maximum atomic E-state index is 13.6. The van der Waals surface area contributed by atoms with E-state index in [1.54, 1.807) is 47.4 Å². The normalized spacial score (nSPS) is 25.4. The summed E-state index contributed by atoms with van der Waals surface area (Å²) in [4.78, 5) is 30.3. The molecule has 42 heavy (non-hydrogen) atoms. The first-order valence-electron chi connectivity index (χ1n) is 13.6. The monoisotopic (exact) mass is 586 g/mol. The van der Waals surface area contributed by atoms with Gasteiger partial charge in [-0.25, -0.2) is 0 Å². The van der Waals surface area contributed by atoms with Gasteiger partial charge in [0.25, 0.3) is 0 Å². The Bertz CT molecular complexity index is 1250. The van der Waals surface area contributed by atoms with Crippen LogP contribution in [0.2, 0.25) is 0 Å². The number of nitrogens with one attached hydrogen (secondary N) is 3. The highest BCUT2D eigenvalue weighted by molar-refractivity contribution is 5.96. The number of aliphatic hydroxyl groups excluding tert-OH is 4. The first kappa shape index (κ1) is 31.2. The molecule has 9 N–H and O–H groups in total. The average molecular weight is 587 g/mol. The molecule has 2 saturated heterocycles. The molecule has 2 aromatic carbocycles. The van der Waals surface area contributed by atoms with Crippen molar-refractivity contribution in [3.05, 3.63) is 59.7 Å². The second kappa shape index (κ2) is 13.9. The average Bonchev–Trinajstić information content (AvgIpc) is 2.99. The van der Waals surface area contributed by atoms with E-state index < -0.39 is 49.3 Å². The van der Waals surface area contributed by atoms with Gasteiger partial charge in [-0.15, -0.1) is 0 Å². The Morgan fingerprint density at radius 1 is 1.07 bits per heavy atom. The van der Waals surface area contributed by atoms with Gasteiger partial charge in [-0.3, -0.25) is 15.0 Å². The first-order chi connectivity index (χ1) is 20.1. The summed E-state index contributed by atoms with van der Waals surface area (Å²) in [5, 5.41) is 54.0. The summed E-state index contributed by atoms with van der Waals surface area (Å²) in [5.74, 6) is -0.846. The lowest BCUT2D eigenvalue weighted by Gasteiger charge is -2.40. The van der Waals surface area contributed by atoms with Crippen LogP contribution in [0.25, 0.3) is 0 Å². The van der Waals surface area contributed by atoms with Gasteiger partial charge in [0, 0.05) is 43.0 Å². The SMILES string of the molecule is CN1CCN(C(=O)CNC(=O)[C@H](Nc2cccc(C(=N)N)c2)c2ccccc2O[C@@H]2O[C@H](CO)C(O)[C@H](O)C2O)CC1. The Kier molecular flexibility index (Phi) is 10.3. The van der Waals surface area contributed by atoms with E-state index in [1.165, 1.54) is 6.07 Å². The number of aliphatic hydroxyl groups is 4. The van der Waals surface area contributed by atoms with Crippen LogP contribution in [0.15, 0.2) is 48.5 Å². The number of nitrogens with zero attached hydrogens (tertiary/aromatic N) is 2. The van der Waals surface area contributed by atoms with E-state index in [0.717, 1.165) is 13.1 Å². The van der Waals surface area contributed by atoms with Crippen LogP contribution in [-0.4, -0.2) is 125 Å². The van der Waals surface area contributed by atoms with E-state index in [-0.39, 0.29) is 24.0 Å². The molecule has 14 nitrogen and oxygen atoms in total. The molecular weight excluding hydrogens is 548 g/mol. The minimum Gasteiger partial charge on any atom is -0.462 e. The molecular formula is C28H38N6O8. The van der Waals surface area contributed by atoms with Crippen LogP contribution in [0.5, 0.6) is 5.75 Å². The number of likely N-dealkylation sites (N-methyl/N-ethyl adjacent to an activating group) is 1. The molecule has 2 fully saturated rings. The molecule has 14 heteroatoms. The van der Waals surface area contributed by atoms with Gasteiger partial charge < -0.3 is 56.1 Å². The van der Waals surface area contributed by atoms with E-state index >= 15 is 0 Å². The highest BCUT2D eigenvalue weighted by Crippen LogP contribution is 2.32. The first-order valence-corrected chi connectivity index (χ1v) is 13.6. The van der Waals surface area contributed by atoms with Crippen molar-refractivity contribution in [3.8, 4) is 5.75 Å². The predicted molar refractivity (Wildman–Crippen MR) is 152 cm³/mol. The van der Waals surface area contributed by atoms with Gasteiger partial charge >= 0.3 is 0 Å². The molecule has 228 valence electrons. The lowest BCUT2D eigenvalue weighted by molar-refractivity contribution is -0.277. The number of rotatable bonds is 10. The number of amides is 2. The summed E-state index contributed by atoms with van der Waals surface area (Å²) in [6.45, 7) is 1.72. The molecule has 2 aliphatic heterocycles. The number of nitrogen functional groups attached to an aromatic ring is 1. The van der Waals surface area contributed by atoms with E-state index in [2.05, 4.69) is 15.5 Å². The molecule has 0 aromatic heterocycles. The van der Waals surface area contributed by atoms with Crippen molar-refractivity contribution < 1.29 is 39.5 Å². The summed E-state index contributed by atoms with van der Waals surface area (Å²) in [5.41, 5.74) is 6.83. The third kappa shape index (κ3) is 7.34. The zero-order valence-electron chi connectivity index (χ0n) is 23.2. The highest BCUT2D eigenvalue weighted by atomic mass is 16.7. The number of anilines is 1. The fraction of sp³-hybridized carbons (Fsp3) is 0.464. The second-order valence-electron chi connectivity index (χ2n) is 10.3. The molecule has 2 amide bonds. The molecule has 0 radical (unpaired) electrons. The van der Waals surface area contributed by atoms with Gasteiger partial charge in [-0.1, -0.05) is 30.3 Å². The quantitative estimate of drug-likeness (QED) is 0.115. The molecule has 2 unspecified atom stereocenters. The summed E-state index contributed by atoms with van der Waals surface area (Å²) in [6, 6.07) is 11.9. The molecule has 0 aliphatic carbocycles. The molecule has 2 aliphatic rings. The summed E-state index contributed by atoms with van der Waals surface area (Å²) in [6.07, 6.45) is -7.55. The third-order valence-electron chi connectivity index (χ3n) is 7.34. The number of para-hydroxylation sites is 1. The van der Waals surface area contributed by atoms with Crippen molar-refractivity contribution in [3.63, 3.8) is 0 Å². The van der Waals surface area contributed by atoms with E-state index in [1.807, 2.05) is 7.05 Å². The number of benzene rings is 2. The smallest absolute Gasteiger partial charge is 0.247 e. The zero-order chi connectivity index (χ0) is 30.4. The lowest BCUT2D eigenvalue weighted by Crippen LogP contribution is -2.60. The van der Waals surface area contributed by atoms with Gasteiger partial charge in [-0.2, -0.15) is 0 Å². The van der Waals surface area contributed by atoms with Gasteiger partial charge in [0.05, 0.1) is 13.2 Å². The van der Waals surface area contributed by atoms with Crippen LogP contribution in [0.1, 0.15) is 17.2 Å². The van der Waals surface area contributed by atoms with Crippen LogP contribution >= 0.6 is 0 Å². The standard InChI is InChI=1S/C28H38N6O8/c1-33-9-11-34(12-10-33)21(36)14-31-27(40)22(32-17-6-4-5-16(13-17)26(29)30)18-7-2-3-8-19(18)41-28-25(39)24(38)23(37)20(15-35)42-28/h2-8,13,20,22-25,28,32,35,37-39H,9-12,14-15H2,1H3,(H3,29,30)(H,31,40)/t20-,22-,23?,24+,25?,28-/m1/s1. The van der Waals surface area contributed by atoms with Crippen molar-refractivity contribution in [2.75, 3.05) is 51.7 Å². The summed E-state index contributed by atoms with van der Waals surface area (Å²) < 4.78 is 11.4. The maximum Gasteiger partial charge on any atom is 0.247 e. The Morgan fingerprint density at radius 2 is 1.79 bits per heavy atom. The van der Waals surface area contributed by atoms with Crippen LogP contribution in [-0.2, 0) is 14.3 Å². The van der Waals surface area contributed by atoms with Crippen molar-refractivity contribution in [2.45, 2.75) is 36.7 Å². The lowest BCUT2D eigenvalue weighted by atomic mass is 9.99. The number of ether oxygens (including phenoxy) is 2. The number of carbonyl (C=O) groups is 2. The largest absolute Gasteiger partial charge is 0.462 e. The number of amidine groups is 1. The molecule has 0 saturated carbocycles. The molecule has 0 bridgehead atoms. The number of carbonyl (C=O) groups excluding carboxylic acids is 2. The van der Waals surface area contributed by atoms with Gasteiger partial charge in [0.15, 0.2) is 0 Å². The number of nitrogens with two attached hydrogens (primary N) is 1. The topological polar surface area (TPSA) is 214 Å². The fourth-order valence-electron chi connectivity index (χ4n) is 4.78. The summed E-state index contributed by atoms with van der Waals surface area (Å²) in [7, 11) is 1.98. The number of hydrogen-bond donors (Lipinski definition) is 8. The Balaban J connectivity index is 1.59. The van der Waals surface area contributed by atoms with Crippen molar-refractivity contribution >= 4 is 23.3 Å². The van der Waals surface area contributed by atoms with Crippen LogP contribution < -0.4 is 21.1 Å². The minimum absolute atomic E-state index is 0.0996. The molecule has 2 heterocycles. The fourth-order valence-corrected chi connectivity index (χ4v) is 4.78. The second-order valence-corrected chi connectivity index (χ2v) is 10.3. The highest BCUT2D eigenvalue weighted by Gasteiger charge is 2.45. The van der Waals surface area contributed by atoms with Gasteiger partial charge in [-0.05, 0) is 25.2 Å². The van der Waals surface area contributed by atoms with Crippen LogP contribution in [0.3, 0.4) is 0 Å². The van der Waals surface area contributed by atoms with E-state index in [9.17, 15) is 30.0 Å². The Morgan fingerprint density at radius 3 is 2.48 bits per heavy atom. The predicted octanol–water partition coefficient (Wildman–Crippen LogP) is -1.81. The third-order valence-corrected chi connectivity index (χ3v) is 7.34. The van der Waals surface area contributed by atoms with Crippen molar-refractivity contribution in [1.82, 2.24) is 15.1 Å². The molecule has 2 aromatic rings. The van der Waals surface area contributed by atoms with Gasteiger partial charge in [0.1, 0.15) is 42.0 Å². The van der Waals surface area contributed by atoms with Gasteiger partial charge in [0.2, 0.25) is 18.1 Å². The van der Waals surface area contributed by atoms with E-state index in [4.69, 9.17) is 20.6 Å². The number of hydrogen-bond acceptors (Lipinski definition) is 11. The van der Waals surface area contributed by atoms with Crippen LogP contribution in [0.4, 0.5) is 5.69 Å². The molecule has 0 spiro atoms. The minimum atomic E-state index is -1.66. The van der Waals surface area contributed by atoms with Crippen molar-refractivity contribution in [1.29, 1.82) is 5.41 Å². The van der Waals surface area contributed by atoms with Crippen LogP contribution in [0, 0.1) is 5.41 Å². The summed E-state index contributed by atoms with van der Waals surface area (Å²) >= 11 is 0. The molecule has 6 atom stereocenters. The zero-order valence-corrected chi connectivity index (χ0v) is 23.2. The van der Waals surface area contributed by atoms with E-state index in [0.29, 0.717) is 29.9 Å². The Hall–Kier alpha value is -3.79. The van der Waals surface area contributed by atoms with Crippen molar-refractivity contribution in [2.24, 2.45) is 5.73 Å². The maximum absolute atomic E-state index is 13.6. The Labute approximate surface area is 243 Å². The molecule has 4 rings (SSSR count).